The first kappa shape index (κ1) is 21.1. The van der Waals surface area contributed by atoms with E-state index in [9.17, 15) is 9.46 Å². The molecule has 0 saturated heterocycles. The van der Waals surface area contributed by atoms with Crippen molar-refractivity contribution in [2.75, 3.05) is 32.7 Å². The van der Waals surface area contributed by atoms with E-state index < -0.39 is 15.3 Å². The van der Waals surface area contributed by atoms with Crippen molar-refractivity contribution in [1.82, 2.24) is 4.90 Å². The van der Waals surface area contributed by atoms with Crippen molar-refractivity contribution in [2.24, 2.45) is 0 Å². The largest absolute Gasteiger partial charge is 1.00 e. The Hall–Kier alpha value is 0.0200. The maximum atomic E-state index is 12.2. The normalized spacial score (nSPS) is 13.6. The van der Waals surface area contributed by atoms with Gasteiger partial charge in [0.1, 0.15) is 0 Å². The van der Waals surface area contributed by atoms with Gasteiger partial charge in [0.2, 0.25) is 0 Å². The molecule has 1 unspecified atom stereocenters. The maximum Gasteiger partial charge on any atom is 1.00 e. The minimum absolute atomic E-state index is 0. The van der Waals surface area contributed by atoms with Crippen LogP contribution < -0.4 is 45.1 Å². The molecule has 1 atom stereocenters. The summed E-state index contributed by atoms with van der Waals surface area (Å²) >= 11 is 0. The standard InChI is InChI=1S/C17H23NO2P2.Na/c1-18(2)15-22(19,20)14-13-21(16-9-5-3-6-10-16)17-11-7-4-8-12-17;/h3-12H,13-15H2,1-2H3,(H,19,20);/q;+1/p-1. The van der Waals surface area contributed by atoms with E-state index in [2.05, 4.69) is 24.3 Å². The van der Waals surface area contributed by atoms with Crippen LogP contribution in [0.3, 0.4) is 0 Å². The van der Waals surface area contributed by atoms with E-state index in [1.165, 1.54) is 10.6 Å². The van der Waals surface area contributed by atoms with Crippen molar-refractivity contribution < 1.29 is 39.0 Å². The van der Waals surface area contributed by atoms with Gasteiger partial charge in [-0.1, -0.05) is 60.7 Å². The monoisotopic (exact) mass is 357 g/mol. The molecule has 2 rings (SSSR count). The molecule has 6 heteroatoms. The molecule has 0 heterocycles. The van der Waals surface area contributed by atoms with Crippen molar-refractivity contribution >= 4 is 25.9 Å². The molecule has 0 aliphatic carbocycles. The third-order valence-electron chi connectivity index (χ3n) is 3.30. The third-order valence-corrected chi connectivity index (χ3v) is 8.07. The van der Waals surface area contributed by atoms with E-state index in [1.807, 2.05) is 36.4 Å². The second-order valence-corrected chi connectivity index (χ2v) is 10.3. The average molecular weight is 357 g/mol. The van der Waals surface area contributed by atoms with Crippen molar-refractivity contribution in [2.45, 2.75) is 0 Å². The number of rotatable bonds is 7. The average Bonchev–Trinajstić information content (AvgIpc) is 2.48. The first-order valence-electron chi connectivity index (χ1n) is 7.29. The van der Waals surface area contributed by atoms with Crippen LogP contribution in [-0.4, -0.2) is 37.6 Å². The summed E-state index contributed by atoms with van der Waals surface area (Å²) in [6, 6.07) is 20.4. The third kappa shape index (κ3) is 7.20. The van der Waals surface area contributed by atoms with Crippen LogP contribution in [-0.2, 0) is 4.57 Å². The van der Waals surface area contributed by atoms with Gasteiger partial charge in [-0.3, -0.25) is 0 Å². The first-order valence-corrected chi connectivity index (χ1v) is 10.8. The topological polar surface area (TPSA) is 43.4 Å². The molecule has 0 amide bonds. The van der Waals surface area contributed by atoms with Crippen LogP contribution in [0.4, 0.5) is 0 Å². The summed E-state index contributed by atoms with van der Waals surface area (Å²) < 4.78 is 12.2. The van der Waals surface area contributed by atoms with Gasteiger partial charge in [-0.2, -0.15) is 0 Å². The molecule has 0 bridgehead atoms. The quantitative estimate of drug-likeness (QED) is 0.485. The first-order chi connectivity index (χ1) is 10.5. The van der Waals surface area contributed by atoms with Gasteiger partial charge in [0.25, 0.3) is 0 Å². The van der Waals surface area contributed by atoms with Gasteiger partial charge >= 0.3 is 29.6 Å². The van der Waals surface area contributed by atoms with E-state index in [1.54, 1.807) is 19.0 Å². The molecular formula is C17H22NNaO2P2. The Kier molecular flexibility index (Phi) is 9.26. The van der Waals surface area contributed by atoms with Gasteiger partial charge in [-0.05, 0) is 44.9 Å². The number of benzene rings is 2. The van der Waals surface area contributed by atoms with Crippen LogP contribution in [0.1, 0.15) is 0 Å². The smallest absolute Gasteiger partial charge is 0.798 e. The Bertz CT molecular complexity index is 584. The SMILES string of the molecule is CN(C)CP(=O)([O-])CCP(c1ccccc1)c1ccccc1.[Na+]. The van der Waals surface area contributed by atoms with Crippen LogP contribution in [0.5, 0.6) is 0 Å². The summed E-state index contributed by atoms with van der Waals surface area (Å²) in [4.78, 5) is 13.9. The van der Waals surface area contributed by atoms with E-state index in [0.29, 0.717) is 6.16 Å². The fraction of sp³-hybridized carbons (Fsp3) is 0.294. The van der Waals surface area contributed by atoms with E-state index in [0.717, 1.165) is 0 Å². The van der Waals surface area contributed by atoms with Crippen molar-refractivity contribution in [3.05, 3.63) is 60.7 Å². The van der Waals surface area contributed by atoms with E-state index >= 15 is 0 Å². The molecule has 23 heavy (non-hydrogen) atoms. The predicted molar refractivity (Wildman–Crippen MR) is 95.0 cm³/mol. The van der Waals surface area contributed by atoms with Crippen LogP contribution >= 0.6 is 15.3 Å². The van der Waals surface area contributed by atoms with Crippen LogP contribution in [0.15, 0.2) is 60.7 Å². The Morgan fingerprint density at radius 3 is 1.78 bits per heavy atom. The van der Waals surface area contributed by atoms with Crippen molar-refractivity contribution in [3.63, 3.8) is 0 Å². The zero-order chi connectivity index (χ0) is 16.0. The fourth-order valence-electron chi connectivity index (χ4n) is 2.38. The van der Waals surface area contributed by atoms with Gasteiger partial charge in [0, 0.05) is 13.7 Å². The zero-order valence-electron chi connectivity index (χ0n) is 14.1. The molecule has 0 spiro atoms. The molecule has 0 radical (unpaired) electrons. The summed E-state index contributed by atoms with van der Waals surface area (Å²) in [6.45, 7) is 0. The number of nitrogens with zero attached hydrogens (tertiary/aromatic N) is 1. The van der Waals surface area contributed by atoms with Gasteiger partial charge in [0.15, 0.2) is 0 Å². The second kappa shape index (κ2) is 10.1. The predicted octanol–water partition coefficient (Wildman–Crippen LogP) is -0.719. The van der Waals surface area contributed by atoms with Gasteiger partial charge in [-0.15, -0.1) is 0 Å². The fourth-order valence-corrected chi connectivity index (χ4v) is 7.28. The molecule has 2 aromatic carbocycles. The Morgan fingerprint density at radius 1 is 0.957 bits per heavy atom. The molecule has 0 N–H and O–H groups in total. The molecule has 0 aliphatic heterocycles. The molecule has 0 saturated carbocycles. The number of hydrogen-bond acceptors (Lipinski definition) is 3. The van der Waals surface area contributed by atoms with Crippen molar-refractivity contribution in [3.8, 4) is 0 Å². The minimum atomic E-state index is -3.35. The van der Waals surface area contributed by atoms with E-state index in [4.69, 9.17) is 0 Å². The van der Waals surface area contributed by atoms with Gasteiger partial charge in [0.05, 0.1) is 0 Å². The summed E-state index contributed by atoms with van der Waals surface area (Å²) in [5.74, 6) is 0. The van der Waals surface area contributed by atoms with Gasteiger partial charge < -0.3 is 14.4 Å². The molecule has 2 aromatic rings. The molecule has 0 aromatic heterocycles. The van der Waals surface area contributed by atoms with E-state index in [-0.39, 0.29) is 42.0 Å². The molecule has 3 nitrogen and oxygen atoms in total. The number of hydrogen-bond donors (Lipinski definition) is 0. The summed E-state index contributed by atoms with van der Waals surface area (Å²) in [5, 5.41) is 2.46. The molecule has 0 fully saturated rings. The summed E-state index contributed by atoms with van der Waals surface area (Å²) in [6.07, 6.45) is 1.07. The second-order valence-electron chi connectivity index (χ2n) is 5.58. The zero-order valence-corrected chi connectivity index (χ0v) is 17.8. The van der Waals surface area contributed by atoms with Crippen LogP contribution in [0.25, 0.3) is 0 Å². The maximum absolute atomic E-state index is 12.2. The molecule has 0 aliphatic rings. The Morgan fingerprint density at radius 2 is 1.39 bits per heavy atom. The summed E-state index contributed by atoms with van der Waals surface area (Å²) in [5.41, 5.74) is 0. The van der Waals surface area contributed by atoms with Gasteiger partial charge in [-0.25, -0.2) is 0 Å². The van der Waals surface area contributed by atoms with Crippen LogP contribution in [0.2, 0.25) is 0 Å². The van der Waals surface area contributed by atoms with Crippen LogP contribution in [0, 0.1) is 0 Å². The Balaban J connectivity index is 0.00000264. The van der Waals surface area contributed by atoms with Crippen molar-refractivity contribution in [1.29, 1.82) is 0 Å². The molecular weight excluding hydrogens is 335 g/mol. The minimum Gasteiger partial charge on any atom is -0.798 e. The Labute approximate surface area is 162 Å². The summed E-state index contributed by atoms with van der Waals surface area (Å²) in [7, 11) is -0.395. The molecule has 118 valence electrons.